The summed E-state index contributed by atoms with van der Waals surface area (Å²) >= 11 is 0. The molecule has 0 aliphatic heterocycles. The zero-order valence-electron chi connectivity index (χ0n) is 7.70. The topological polar surface area (TPSA) is 40.5 Å². The number of phenolic OH excluding ortho intramolecular Hbond substituents is 1. The number of hydrogen-bond acceptors (Lipinski definition) is 2. The molecule has 1 aliphatic rings. The molecule has 0 aromatic heterocycles. The molecule has 0 saturated carbocycles. The Morgan fingerprint density at radius 1 is 1.38 bits per heavy atom. The molecule has 0 spiro atoms. The minimum Gasteiger partial charge on any atom is -0.508 e. The van der Waals surface area contributed by atoms with Gasteiger partial charge in [0.25, 0.3) is 0 Å². The summed E-state index contributed by atoms with van der Waals surface area (Å²) < 4.78 is 0. The second kappa shape index (κ2) is 3.04. The number of hydrogen-bond donors (Lipinski definition) is 2. The number of fused-ring (bicyclic) bond motifs is 1. The van der Waals surface area contributed by atoms with Crippen LogP contribution in [0.4, 0.5) is 0 Å². The molecule has 1 aromatic rings. The van der Waals surface area contributed by atoms with Crippen LogP contribution >= 0.6 is 0 Å². The Labute approximate surface area is 77.8 Å². The molecule has 2 nitrogen and oxygen atoms in total. The summed E-state index contributed by atoms with van der Waals surface area (Å²) in [4.78, 5) is 0. The summed E-state index contributed by atoms with van der Waals surface area (Å²) in [5, 5.41) is 19.3. The zero-order chi connectivity index (χ0) is 9.42. The van der Waals surface area contributed by atoms with Gasteiger partial charge in [-0.3, -0.25) is 0 Å². The highest BCUT2D eigenvalue weighted by atomic mass is 16.3. The fourth-order valence-corrected chi connectivity index (χ4v) is 2.09. The van der Waals surface area contributed by atoms with Crippen molar-refractivity contribution in [2.45, 2.75) is 31.8 Å². The molecule has 0 saturated heterocycles. The standard InChI is InChI=1S/C11H14O2/c1-7-9(12)6-5-8-3-2-4-10(13)11(7)8/h2-4,7,9,12-13H,5-6H2,1H3. The number of benzene rings is 1. The van der Waals surface area contributed by atoms with Crippen LogP contribution in [0, 0.1) is 0 Å². The van der Waals surface area contributed by atoms with Gasteiger partial charge in [0.2, 0.25) is 0 Å². The highest BCUT2D eigenvalue weighted by Crippen LogP contribution is 2.36. The number of rotatable bonds is 0. The maximum atomic E-state index is 9.64. The first-order chi connectivity index (χ1) is 6.20. The van der Waals surface area contributed by atoms with E-state index in [1.165, 1.54) is 5.56 Å². The molecule has 13 heavy (non-hydrogen) atoms. The van der Waals surface area contributed by atoms with E-state index < -0.39 is 0 Å². The van der Waals surface area contributed by atoms with Gasteiger partial charge in [-0.25, -0.2) is 0 Å². The molecule has 0 heterocycles. The number of phenols is 1. The van der Waals surface area contributed by atoms with Crippen LogP contribution in [0.15, 0.2) is 18.2 Å². The predicted octanol–water partition coefficient (Wildman–Crippen LogP) is 1.80. The number of aryl methyl sites for hydroxylation is 1. The third-order valence-electron chi connectivity index (χ3n) is 2.92. The van der Waals surface area contributed by atoms with Crippen LogP contribution in [0.25, 0.3) is 0 Å². The van der Waals surface area contributed by atoms with E-state index in [0.717, 1.165) is 18.4 Å². The summed E-state index contributed by atoms with van der Waals surface area (Å²) in [6, 6.07) is 5.57. The van der Waals surface area contributed by atoms with Crippen molar-refractivity contribution < 1.29 is 10.2 Å². The van der Waals surface area contributed by atoms with Crippen LogP contribution in [0.1, 0.15) is 30.4 Å². The highest BCUT2D eigenvalue weighted by molar-refractivity contribution is 5.43. The summed E-state index contributed by atoms with van der Waals surface area (Å²) in [5.74, 6) is 0.383. The van der Waals surface area contributed by atoms with Crippen LogP contribution in [0.3, 0.4) is 0 Å². The molecule has 1 aliphatic carbocycles. The summed E-state index contributed by atoms with van der Waals surface area (Å²) in [5.41, 5.74) is 2.11. The average Bonchev–Trinajstić information content (AvgIpc) is 2.12. The lowest BCUT2D eigenvalue weighted by Crippen LogP contribution is -2.22. The third kappa shape index (κ3) is 1.31. The quantitative estimate of drug-likeness (QED) is 0.636. The first kappa shape index (κ1) is 8.57. The monoisotopic (exact) mass is 178 g/mol. The van der Waals surface area contributed by atoms with Gasteiger partial charge in [0.1, 0.15) is 5.75 Å². The van der Waals surface area contributed by atoms with Gasteiger partial charge < -0.3 is 10.2 Å². The van der Waals surface area contributed by atoms with Gasteiger partial charge in [-0.2, -0.15) is 0 Å². The summed E-state index contributed by atoms with van der Waals surface area (Å²) in [6.45, 7) is 1.96. The molecule has 1 aromatic carbocycles. The van der Waals surface area contributed by atoms with Crippen LogP contribution < -0.4 is 0 Å². The Morgan fingerprint density at radius 2 is 2.15 bits per heavy atom. The van der Waals surface area contributed by atoms with E-state index in [1.807, 2.05) is 19.1 Å². The molecule has 2 rings (SSSR count). The van der Waals surface area contributed by atoms with Crippen molar-refractivity contribution in [1.29, 1.82) is 0 Å². The van der Waals surface area contributed by atoms with Crippen LogP contribution in [0.5, 0.6) is 5.75 Å². The smallest absolute Gasteiger partial charge is 0.119 e. The Balaban J connectivity index is 2.51. The predicted molar refractivity (Wildman–Crippen MR) is 50.8 cm³/mol. The van der Waals surface area contributed by atoms with Crippen molar-refractivity contribution in [2.75, 3.05) is 0 Å². The van der Waals surface area contributed by atoms with Crippen molar-refractivity contribution in [1.82, 2.24) is 0 Å². The van der Waals surface area contributed by atoms with Gasteiger partial charge in [-0.05, 0) is 24.5 Å². The Bertz CT molecular complexity index is 320. The minimum atomic E-state index is -0.305. The average molecular weight is 178 g/mol. The first-order valence-corrected chi connectivity index (χ1v) is 4.69. The Morgan fingerprint density at radius 3 is 2.92 bits per heavy atom. The first-order valence-electron chi connectivity index (χ1n) is 4.69. The SMILES string of the molecule is CC1c2c(O)cccc2CCC1O. The van der Waals surface area contributed by atoms with Crippen LogP contribution in [0.2, 0.25) is 0 Å². The molecule has 2 N–H and O–H groups in total. The van der Waals surface area contributed by atoms with E-state index in [2.05, 4.69) is 0 Å². The van der Waals surface area contributed by atoms with Gasteiger partial charge >= 0.3 is 0 Å². The molecule has 0 bridgehead atoms. The Kier molecular flexibility index (Phi) is 2.00. The molecule has 2 unspecified atom stereocenters. The van der Waals surface area contributed by atoms with Gasteiger partial charge in [-0.1, -0.05) is 19.1 Å². The second-order valence-electron chi connectivity index (χ2n) is 3.74. The number of aliphatic hydroxyl groups excluding tert-OH is 1. The lowest BCUT2D eigenvalue weighted by atomic mass is 9.81. The third-order valence-corrected chi connectivity index (χ3v) is 2.92. The molecule has 2 heteroatoms. The van der Waals surface area contributed by atoms with Crippen molar-refractivity contribution >= 4 is 0 Å². The van der Waals surface area contributed by atoms with E-state index in [0.29, 0.717) is 5.75 Å². The second-order valence-corrected chi connectivity index (χ2v) is 3.74. The Hall–Kier alpha value is -1.02. The van der Waals surface area contributed by atoms with E-state index in [9.17, 15) is 10.2 Å². The van der Waals surface area contributed by atoms with Crippen LogP contribution in [-0.4, -0.2) is 16.3 Å². The van der Waals surface area contributed by atoms with Crippen molar-refractivity contribution in [3.63, 3.8) is 0 Å². The van der Waals surface area contributed by atoms with E-state index in [-0.39, 0.29) is 12.0 Å². The molecular weight excluding hydrogens is 164 g/mol. The molecule has 0 fully saturated rings. The van der Waals surface area contributed by atoms with Crippen molar-refractivity contribution in [3.8, 4) is 5.75 Å². The van der Waals surface area contributed by atoms with E-state index in [4.69, 9.17) is 0 Å². The molecule has 0 radical (unpaired) electrons. The van der Waals surface area contributed by atoms with Gasteiger partial charge in [0.15, 0.2) is 0 Å². The minimum absolute atomic E-state index is 0.0601. The fourth-order valence-electron chi connectivity index (χ4n) is 2.09. The molecule has 70 valence electrons. The van der Waals surface area contributed by atoms with E-state index >= 15 is 0 Å². The number of aliphatic hydroxyl groups is 1. The largest absolute Gasteiger partial charge is 0.508 e. The van der Waals surface area contributed by atoms with Gasteiger partial charge in [0.05, 0.1) is 6.10 Å². The maximum absolute atomic E-state index is 9.64. The van der Waals surface area contributed by atoms with Gasteiger partial charge in [-0.15, -0.1) is 0 Å². The fraction of sp³-hybridized carbons (Fsp3) is 0.455. The normalized spacial score (nSPS) is 26.9. The maximum Gasteiger partial charge on any atom is 0.119 e. The lowest BCUT2D eigenvalue weighted by molar-refractivity contribution is 0.131. The highest BCUT2D eigenvalue weighted by Gasteiger charge is 2.26. The lowest BCUT2D eigenvalue weighted by Gasteiger charge is -2.27. The summed E-state index contributed by atoms with van der Waals surface area (Å²) in [7, 11) is 0. The van der Waals surface area contributed by atoms with Crippen molar-refractivity contribution in [3.05, 3.63) is 29.3 Å². The van der Waals surface area contributed by atoms with Gasteiger partial charge in [0, 0.05) is 11.5 Å². The van der Waals surface area contributed by atoms with Crippen LogP contribution in [-0.2, 0) is 6.42 Å². The molecular formula is C11H14O2. The van der Waals surface area contributed by atoms with Crippen molar-refractivity contribution in [2.24, 2.45) is 0 Å². The number of aromatic hydroxyl groups is 1. The van der Waals surface area contributed by atoms with E-state index in [1.54, 1.807) is 6.07 Å². The zero-order valence-corrected chi connectivity index (χ0v) is 7.70. The molecule has 0 amide bonds. The summed E-state index contributed by atoms with van der Waals surface area (Å²) in [6.07, 6.45) is 1.37. The molecule has 2 atom stereocenters.